The SMILES string of the molecule is O=C(C=Cc1ccc(F)cc1)NCCn1c(C2CC2)n[nH]c1=S. The first-order chi connectivity index (χ1) is 11.1. The second-order valence-corrected chi connectivity index (χ2v) is 5.88. The number of nitrogens with zero attached hydrogens (tertiary/aromatic N) is 2. The van der Waals surface area contributed by atoms with Crippen LogP contribution in [0.25, 0.3) is 6.08 Å². The quantitative estimate of drug-likeness (QED) is 0.631. The molecular formula is C16H17FN4OS. The molecule has 120 valence electrons. The Hall–Kier alpha value is -2.28. The molecule has 0 bridgehead atoms. The molecule has 1 aromatic carbocycles. The normalized spacial score (nSPS) is 14.3. The van der Waals surface area contributed by atoms with Crippen LogP contribution >= 0.6 is 12.2 Å². The zero-order valence-electron chi connectivity index (χ0n) is 12.5. The maximum Gasteiger partial charge on any atom is 0.244 e. The highest BCUT2D eigenvalue weighted by Gasteiger charge is 2.28. The number of nitrogens with one attached hydrogen (secondary N) is 2. The molecular weight excluding hydrogens is 315 g/mol. The van der Waals surface area contributed by atoms with Crippen molar-refractivity contribution in [3.05, 3.63) is 52.3 Å². The van der Waals surface area contributed by atoms with Gasteiger partial charge in [-0.25, -0.2) is 4.39 Å². The molecule has 0 radical (unpaired) electrons. The van der Waals surface area contributed by atoms with Gasteiger partial charge >= 0.3 is 0 Å². The van der Waals surface area contributed by atoms with Crippen molar-refractivity contribution in [2.75, 3.05) is 6.54 Å². The minimum Gasteiger partial charge on any atom is -0.351 e. The number of H-pyrrole nitrogens is 1. The summed E-state index contributed by atoms with van der Waals surface area (Å²) in [7, 11) is 0. The summed E-state index contributed by atoms with van der Waals surface area (Å²) >= 11 is 5.21. The molecule has 1 amide bonds. The minimum absolute atomic E-state index is 0.197. The molecule has 0 aliphatic heterocycles. The minimum atomic E-state index is -0.296. The van der Waals surface area contributed by atoms with Crippen LogP contribution < -0.4 is 5.32 Å². The lowest BCUT2D eigenvalue weighted by Gasteiger charge is -2.06. The van der Waals surface area contributed by atoms with Gasteiger partial charge in [0.25, 0.3) is 0 Å². The van der Waals surface area contributed by atoms with Crippen molar-refractivity contribution in [1.82, 2.24) is 20.1 Å². The summed E-state index contributed by atoms with van der Waals surface area (Å²) < 4.78 is 15.3. The molecule has 1 aliphatic carbocycles. The Balaban J connectivity index is 1.50. The van der Waals surface area contributed by atoms with Gasteiger partial charge in [0.05, 0.1) is 0 Å². The molecule has 0 unspecified atom stereocenters. The second kappa shape index (κ2) is 6.87. The van der Waals surface area contributed by atoms with Crippen molar-refractivity contribution in [2.24, 2.45) is 0 Å². The summed E-state index contributed by atoms with van der Waals surface area (Å²) in [5, 5.41) is 9.86. The van der Waals surface area contributed by atoms with Crippen LogP contribution in [0, 0.1) is 10.6 Å². The van der Waals surface area contributed by atoms with Crippen molar-refractivity contribution in [1.29, 1.82) is 0 Å². The smallest absolute Gasteiger partial charge is 0.244 e. The number of hydrogen-bond acceptors (Lipinski definition) is 3. The van der Waals surface area contributed by atoms with Crippen molar-refractivity contribution >= 4 is 24.2 Å². The first-order valence-electron chi connectivity index (χ1n) is 7.50. The van der Waals surface area contributed by atoms with Crippen LogP contribution in [0.15, 0.2) is 30.3 Å². The first-order valence-corrected chi connectivity index (χ1v) is 7.91. The molecule has 0 saturated heterocycles. The Kier molecular flexibility index (Phi) is 4.66. The maximum atomic E-state index is 12.8. The summed E-state index contributed by atoms with van der Waals surface area (Å²) in [5.74, 6) is 0.982. The summed E-state index contributed by atoms with van der Waals surface area (Å²) in [5.41, 5.74) is 0.773. The van der Waals surface area contributed by atoms with Crippen LogP contribution in [0.4, 0.5) is 4.39 Å². The van der Waals surface area contributed by atoms with E-state index < -0.39 is 0 Å². The van der Waals surface area contributed by atoms with E-state index in [1.807, 2.05) is 4.57 Å². The van der Waals surface area contributed by atoms with E-state index >= 15 is 0 Å². The molecule has 1 saturated carbocycles. The van der Waals surface area contributed by atoms with Crippen molar-refractivity contribution < 1.29 is 9.18 Å². The topological polar surface area (TPSA) is 62.7 Å². The highest BCUT2D eigenvalue weighted by molar-refractivity contribution is 7.71. The number of benzene rings is 1. The Labute approximate surface area is 138 Å². The van der Waals surface area contributed by atoms with E-state index in [2.05, 4.69) is 15.5 Å². The van der Waals surface area contributed by atoms with Gasteiger partial charge in [0.15, 0.2) is 4.77 Å². The zero-order chi connectivity index (χ0) is 16.2. The van der Waals surface area contributed by atoms with E-state index in [0.717, 1.165) is 24.2 Å². The fourth-order valence-corrected chi connectivity index (χ4v) is 2.53. The lowest BCUT2D eigenvalue weighted by Crippen LogP contribution is -2.26. The number of aromatic amines is 1. The molecule has 1 aromatic heterocycles. The van der Waals surface area contributed by atoms with Gasteiger partial charge in [-0.15, -0.1) is 0 Å². The number of rotatable bonds is 6. The second-order valence-electron chi connectivity index (χ2n) is 5.49. The number of amides is 1. The highest BCUT2D eigenvalue weighted by atomic mass is 32.1. The molecule has 5 nitrogen and oxygen atoms in total. The first kappa shape index (κ1) is 15.6. The lowest BCUT2D eigenvalue weighted by molar-refractivity contribution is -0.116. The zero-order valence-corrected chi connectivity index (χ0v) is 13.3. The van der Waals surface area contributed by atoms with Crippen LogP contribution in [0.3, 0.4) is 0 Å². The number of halogens is 1. The van der Waals surface area contributed by atoms with Crippen LogP contribution in [0.1, 0.15) is 30.1 Å². The van der Waals surface area contributed by atoms with Gasteiger partial charge in [0.1, 0.15) is 11.6 Å². The highest BCUT2D eigenvalue weighted by Crippen LogP contribution is 2.38. The van der Waals surface area contributed by atoms with E-state index in [0.29, 0.717) is 23.8 Å². The number of carbonyl (C=O) groups is 1. The van der Waals surface area contributed by atoms with Gasteiger partial charge in [-0.05, 0) is 48.8 Å². The summed E-state index contributed by atoms with van der Waals surface area (Å²) in [6.07, 6.45) is 5.37. The fourth-order valence-electron chi connectivity index (χ4n) is 2.29. The van der Waals surface area contributed by atoms with Crippen LogP contribution in [-0.4, -0.2) is 27.2 Å². The molecule has 3 rings (SSSR count). The van der Waals surface area contributed by atoms with E-state index in [9.17, 15) is 9.18 Å². The molecule has 0 atom stereocenters. The number of aromatic nitrogens is 3. The summed E-state index contributed by atoms with van der Waals surface area (Å²) in [4.78, 5) is 11.8. The molecule has 2 aromatic rings. The maximum absolute atomic E-state index is 12.8. The molecule has 1 fully saturated rings. The standard InChI is InChI=1S/C16H17FN4OS/c17-13-6-1-11(2-7-13)3-8-14(22)18-9-10-21-15(12-4-5-12)19-20-16(21)23/h1-3,6-8,12H,4-5,9-10H2,(H,18,22)(H,20,23). The van der Waals surface area contributed by atoms with E-state index in [1.54, 1.807) is 18.2 Å². The molecule has 2 N–H and O–H groups in total. The molecule has 1 aliphatic rings. The van der Waals surface area contributed by atoms with E-state index in [1.165, 1.54) is 18.2 Å². The van der Waals surface area contributed by atoms with Gasteiger partial charge < -0.3 is 9.88 Å². The average molecular weight is 332 g/mol. The Morgan fingerprint density at radius 2 is 2.17 bits per heavy atom. The van der Waals surface area contributed by atoms with Crippen molar-refractivity contribution in [3.63, 3.8) is 0 Å². The fraction of sp³-hybridized carbons (Fsp3) is 0.312. The van der Waals surface area contributed by atoms with E-state index in [-0.39, 0.29) is 11.7 Å². The Bertz CT molecular complexity index is 774. The Morgan fingerprint density at radius 1 is 1.43 bits per heavy atom. The van der Waals surface area contributed by atoms with Crippen molar-refractivity contribution in [3.8, 4) is 0 Å². The van der Waals surface area contributed by atoms with Gasteiger partial charge in [0, 0.05) is 25.1 Å². The van der Waals surface area contributed by atoms with Gasteiger partial charge in [-0.3, -0.25) is 9.89 Å². The third kappa shape index (κ3) is 4.13. The van der Waals surface area contributed by atoms with Gasteiger partial charge in [-0.1, -0.05) is 12.1 Å². The van der Waals surface area contributed by atoms with Crippen LogP contribution in [0.2, 0.25) is 0 Å². The molecule has 7 heteroatoms. The average Bonchev–Trinajstić information content (AvgIpc) is 3.32. The van der Waals surface area contributed by atoms with Crippen LogP contribution in [0.5, 0.6) is 0 Å². The van der Waals surface area contributed by atoms with E-state index in [4.69, 9.17) is 12.2 Å². The van der Waals surface area contributed by atoms with Gasteiger partial charge in [0.2, 0.25) is 5.91 Å². The van der Waals surface area contributed by atoms with Crippen molar-refractivity contribution in [2.45, 2.75) is 25.3 Å². The Morgan fingerprint density at radius 3 is 2.87 bits per heavy atom. The predicted molar refractivity (Wildman–Crippen MR) is 87.8 cm³/mol. The summed E-state index contributed by atoms with van der Waals surface area (Å²) in [6.45, 7) is 1.07. The van der Waals surface area contributed by atoms with Crippen LogP contribution in [-0.2, 0) is 11.3 Å². The largest absolute Gasteiger partial charge is 0.351 e. The third-order valence-electron chi connectivity index (χ3n) is 3.66. The number of hydrogen-bond donors (Lipinski definition) is 2. The van der Waals surface area contributed by atoms with Gasteiger partial charge in [-0.2, -0.15) is 5.10 Å². The number of carbonyl (C=O) groups excluding carboxylic acids is 1. The molecule has 1 heterocycles. The predicted octanol–water partition coefficient (Wildman–Crippen LogP) is 2.79. The lowest BCUT2D eigenvalue weighted by atomic mass is 10.2. The molecule has 23 heavy (non-hydrogen) atoms. The molecule has 0 spiro atoms. The monoisotopic (exact) mass is 332 g/mol. The summed E-state index contributed by atoms with van der Waals surface area (Å²) in [6, 6.07) is 5.95. The third-order valence-corrected chi connectivity index (χ3v) is 3.97.